The van der Waals surface area contributed by atoms with Gasteiger partial charge in [-0.2, -0.15) is 0 Å². The van der Waals surface area contributed by atoms with Gasteiger partial charge in [0.15, 0.2) is 5.40 Å². The Morgan fingerprint density at radius 3 is 1.33 bits per heavy atom. The van der Waals surface area contributed by atoms with Crippen LogP contribution >= 0.6 is 15.2 Å². The largest absolute Gasteiger partial charge is 0.340 e. The standard InChI is InChI=1S/C13H30O6P2/c1-2-3-4-5-6-7-8-9-10-11-12-13(20(14,15)16)21(17,18)19/h13H,2-12H2,1H3,(H2,14,15,16)(H2,17,18,19). The average Bonchev–Trinajstić information content (AvgIpc) is 2.32. The topological polar surface area (TPSA) is 115 Å². The van der Waals surface area contributed by atoms with Crippen LogP contribution in [0.4, 0.5) is 0 Å². The summed E-state index contributed by atoms with van der Waals surface area (Å²) in [6.07, 6.45) is 10.5. The molecule has 0 bridgehead atoms. The van der Waals surface area contributed by atoms with Crippen LogP contribution in [0.25, 0.3) is 0 Å². The Morgan fingerprint density at radius 1 is 0.667 bits per heavy atom. The second-order valence-corrected chi connectivity index (χ2v) is 9.64. The fraction of sp³-hybridized carbons (Fsp3) is 1.00. The van der Waals surface area contributed by atoms with Crippen molar-refractivity contribution in [1.82, 2.24) is 0 Å². The van der Waals surface area contributed by atoms with Crippen molar-refractivity contribution in [1.29, 1.82) is 0 Å². The second kappa shape index (κ2) is 10.9. The van der Waals surface area contributed by atoms with E-state index >= 15 is 0 Å². The predicted octanol–water partition coefficient (Wildman–Crippen LogP) is 3.98. The fourth-order valence-electron chi connectivity index (χ4n) is 2.35. The minimum Gasteiger partial charge on any atom is -0.324 e. The van der Waals surface area contributed by atoms with Crippen molar-refractivity contribution in [2.45, 2.75) is 83.0 Å². The highest BCUT2D eigenvalue weighted by Crippen LogP contribution is 2.61. The summed E-state index contributed by atoms with van der Waals surface area (Å²) in [5, 5.41) is -1.83. The third-order valence-electron chi connectivity index (χ3n) is 3.59. The number of hydrogen-bond acceptors (Lipinski definition) is 2. The van der Waals surface area contributed by atoms with E-state index in [0.29, 0.717) is 6.42 Å². The Morgan fingerprint density at radius 2 is 1.00 bits per heavy atom. The first-order chi connectivity index (χ1) is 9.69. The lowest BCUT2D eigenvalue weighted by molar-refractivity contribution is 0.333. The van der Waals surface area contributed by atoms with Crippen LogP contribution in [0.3, 0.4) is 0 Å². The van der Waals surface area contributed by atoms with E-state index in [4.69, 9.17) is 19.6 Å². The maximum atomic E-state index is 11.1. The zero-order valence-electron chi connectivity index (χ0n) is 12.9. The molecule has 0 aliphatic rings. The molecule has 0 aliphatic heterocycles. The Hall–Kier alpha value is 0.300. The first kappa shape index (κ1) is 21.3. The monoisotopic (exact) mass is 344 g/mol. The Bertz CT molecular complexity index is 327. The quantitative estimate of drug-likeness (QED) is 0.297. The highest BCUT2D eigenvalue weighted by molar-refractivity contribution is 7.70. The van der Waals surface area contributed by atoms with E-state index in [1.807, 2.05) is 0 Å². The van der Waals surface area contributed by atoms with Crippen molar-refractivity contribution in [3.63, 3.8) is 0 Å². The van der Waals surface area contributed by atoms with Crippen LogP contribution in [0.1, 0.15) is 77.6 Å². The Kier molecular flexibility index (Phi) is 11.1. The molecule has 21 heavy (non-hydrogen) atoms. The SMILES string of the molecule is CCCCCCCCCCCCC(P(=O)(O)O)P(=O)(O)O. The maximum Gasteiger partial charge on any atom is 0.340 e. The van der Waals surface area contributed by atoms with Crippen molar-refractivity contribution >= 4 is 15.2 Å². The van der Waals surface area contributed by atoms with Gasteiger partial charge in [-0.25, -0.2) is 0 Å². The third-order valence-corrected chi connectivity index (χ3v) is 7.47. The van der Waals surface area contributed by atoms with E-state index in [9.17, 15) is 9.13 Å². The molecule has 0 saturated heterocycles. The summed E-state index contributed by atoms with van der Waals surface area (Å²) < 4.78 is 22.1. The molecule has 0 aromatic heterocycles. The Balaban J connectivity index is 3.70. The van der Waals surface area contributed by atoms with Gasteiger partial charge in [0.2, 0.25) is 0 Å². The smallest absolute Gasteiger partial charge is 0.324 e. The van der Waals surface area contributed by atoms with Gasteiger partial charge < -0.3 is 19.6 Å². The minimum atomic E-state index is -4.74. The lowest BCUT2D eigenvalue weighted by Crippen LogP contribution is -2.09. The lowest BCUT2D eigenvalue weighted by atomic mass is 10.1. The van der Waals surface area contributed by atoms with Crippen LogP contribution in [-0.2, 0) is 9.13 Å². The minimum absolute atomic E-state index is 0.120. The fourth-order valence-corrected chi connectivity index (χ4v) is 4.95. The van der Waals surface area contributed by atoms with E-state index < -0.39 is 20.6 Å². The third kappa shape index (κ3) is 11.5. The van der Waals surface area contributed by atoms with Gasteiger partial charge in [-0.1, -0.05) is 71.1 Å². The summed E-state index contributed by atoms with van der Waals surface area (Å²) >= 11 is 0. The van der Waals surface area contributed by atoms with E-state index in [0.717, 1.165) is 25.7 Å². The first-order valence-corrected chi connectivity index (χ1v) is 11.2. The molecular formula is C13H30O6P2. The van der Waals surface area contributed by atoms with E-state index in [-0.39, 0.29) is 6.42 Å². The zero-order valence-corrected chi connectivity index (χ0v) is 14.6. The van der Waals surface area contributed by atoms with E-state index in [1.54, 1.807) is 0 Å². The van der Waals surface area contributed by atoms with Gasteiger partial charge >= 0.3 is 15.2 Å². The van der Waals surface area contributed by atoms with Gasteiger partial charge in [0.1, 0.15) is 0 Å². The molecule has 0 fully saturated rings. The number of unbranched alkanes of at least 4 members (excludes halogenated alkanes) is 9. The van der Waals surface area contributed by atoms with Gasteiger partial charge in [-0.3, -0.25) is 9.13 Å². The second-order valence-electron chi connectivity index (χ2n) is 5.63. The van der Waals surface area contributed by atoms with Gasteiger partial charge in [-0.05, 0) is 6.42 Å². The van der Waals surface area contributed by atoms with Crippen molar-refractivity contribution in [2.75, 3.05) is 0 Å². The molecular weight excluding hydrogens is 314 g/mol. The summed E-state index contributed by atoms with van der Waals surface area (Å²) in [6, 6.07) is 0. The molecule has 0 spiro atoms. The molecule has 4 N–H and O–H groups in total. The zero-order chi connectivity index (χ0) is 16.4. The van der Waals surface area contributed by atoms with Crippen LogP contribution < -0.4 is 0 Å². The van der Waals surface area contributed by atoms with Gasteiger partial charge in [0.05, 0.1) is 0 Å². The summed E-state index contributed by atoms with van der Waals surface area (Å²) in [5.74, 6) is 0. The molecule has 0 saturated carbocycles. The van der Waals surface area contributed by atoms with Crippen molar-refractivity contribution in [3.8, 4) is 0 Å². The molecule has 0 amide bonds. The highest BCUT2D eigenvalue weighted by atomic mass is 31.2. The van der Waals surface area contributed by atoms with Crippen LogP contribution in [-0.4, -0.2) is 25.0 Å². The molecule has 128 valence electrons. The van der Waals surface area contributed by atoms with Gasteiger partial charge in [0, 0.05) is 0 Å². The molecule has 0 unspecified atom stereocenters. The predicted molar refractivity (Wildman–Crippen MR) is 84.3 cm³/mol. The van der Waals surface area contributed by atoms with Crippen LogP contribution in [0.2, 0.25) is 0 Å². The molecule has 0 heterocycles. The maximum absolute atomic E-state index is 11.1. The molecule has 0 aromatic rings. The summed E-state index contributed by atoms with van der Waals surface area (Å²) in [5.41, 5.74) is 0. The first-order valence-electron chi connectivity index (χ1n) is 7.80. The molecule has 0 rings (SSSR count). The summed E-state index contributed by atoms with van der Waals surface area (Å²) in [6.45, 7) is 2.18. The van der Waals surface area contributed by atoms with Crippen LogP contribution in [0, 0.1) is 0 Å². The molecule has 0 atom stereocenters. The summed E-state index contributed by atoms with van der Waals surface area (Å²) in [7, 11) is -9.48. The van der Waals surface area contributed by atoms with Crippen molar-refractivity contribution < 1.29 is 28.7 Å². The normalized spacial score (nSPS) is 13.0. The molecule has 0 aliphatic carbocycles. The average molecular weight is 344 g/mol. The molecule has 8 heteroatoms. The molecule has 0 radical (unpaired) electrons. The van der Waals surface area contributed by atoms with Crippen LogP contribution in [0.5, 0.6) is 0 Å². The lowest BCUT2D eigenvalue weighted by Gasteiger charge is -2.19. The number of rotatable bonds is 13. The van der Waals surface area contributed by atoms with Crippen LogP contribution in [0.15, 0.2) is 0 Å². The van der Waals surface area contributed by atoms with Gasteiger partial charge in [-0.15, -0.1) is 0 Å². The van der Waals surface area contributed by atoms with E-state index in [1.165, 1.54) is 32.1 Å². The number of hydrogen-bond donors (Lipinski definition) is 4. The Labute approximate surface area is 127 Å². The molecule has 6 nitrogen and oxygen atoms in total. The highest BCUT2D eigenvalue weighted by Gasteiger charge is 2.42. The van der Waals surface area contributed by atoms with E-state index in [2.05, 4.69) is 6.92 Å². The van der Waals surface area contributed by atoms with Crippen molar-refractivity contribution in [2.24, 2.45) is 0 Å². The summed E-state index contributed by atoms with van der Waals surface area (Å²) in [4.78, 5) is 35.9. The van der Waals surface area contributed by atoms with Gasteiger partial charge in [0.25, 0.3) is 0 Å². The van der Waals surface area contributed by atoms with Crippen molar-refractivity contribution in [3.05, 3.63) is 0 Å². The molecule has 0 aromatic carbocycles.